The molecule has 0 aliphatic rings. The summed E-state index contributed by atoms with van der Waals surface area (Å²) in [6, 6.07) is 20.9. The van der Waals surface area contributed by atoms with Gasteiger partial charge in [-0.2, -0.15) is 0 Å². The fourth-order valence-electron chi connectivity index (χ4n) is 2.99. The lowest BCUT2D eigenvalue weighted by Crippen LogP contribution is -2.14. The van der Waals surface area contributed by atoms with Crippen LogP contribution in [0.4, 0.5) is 11.7 Å². The van der Waals surface area contributed by atoms with Crippen molar-refractivity contribution in [2.24, 2.45) is 0 Å². The second-order valence-corrected chi connectivity index (χ2v) is 7.00. The van der Waals surface area contributed by atoms with Crippen molar-refractivity contribution in [3.8, 4) is 17.2 Å². The van der Waals surface area contributed by atoms with Gasteiger partial charge in [0.2, 0.25) is 5.89 Å². The molecule has 3 aromatic carbocycles. The standard InChI is InChI=1S/C24H20N4O4/c1-15-4-3-5-18(14-15)22(30)25-19-10-6-16(7-11-19)21(29)26-24-28-27-23(32-24)17-8-12-20(31-2)13-9-17/h3-14H,1-2H3,(H,25,30)(H,26,28,29). The minimum atomic E-state index is -0.411. The second kappa shape index (κ2) is 9.13. The largest absolute Gasteiger partial charge is 0.497 e. The summed E-state index contributed by atoms with van der Waals surface area (Å²) in [4.78, 5) is 24.8. The molecule has 0 spiro atoms. The van der Waals surface area contributed by atoms with Crippen LogP contribution in [0, 0.1) is 6.92 Å². The first-order valence-electron chi connectivity index (χ1n) is 9.79. The summed E-state index contributed by atoms with van der Waals surface area (Å²) >= 11 is 0. The molecule has 0 fully saturated rings. The van der Waals surface area contributed by atoms with Crippen LogP contribution in [0.2, 0.25) is 0 Å². The summed E-state index contributed by atoms with van der Waals surface area (Å²) in [5.41, 5.74) is 3.22. The number of hydrogen-bond donors (Lipinski definition) is 2. The number of nitrogens with one attached hydrogen (secondary N) is 2. The Labute approximate surface area is 184 Å². The summed E-state index contributed by atoms with van der Waals surface area (Å²) < 4.78 is 10.6. The number of benzene rings is 3. The highest BCUT2D eigenvalue weighted by Gasteiger charge is 2.13. The number of carbonyl (C=O) groups excluding carboxylic acids is 2. The molecule has 1 heterocycles. The van der Waals surface area contributed by atoms with Gasteiger partial charge in [0.05, 0.1) is 7.11 Å². The highest BCUT2D eigenvalue weighted by molar-refractivity contribution is 6.05. The molecule has 8 heteroatoms. The van der Waals surface area contributed by atoms with E-state index in [-0.39, 0.29) is 17.8 Å². The second-order valence-electron chi connectivity index (χ2n) is 7.00. The molecule has 1 aromatic heterocycles. The molecule has 0 atom stereocenters. The van der Waals surface area contributed by atoms with E-state index >= 15 is 0 Å². The van der Waals surface area contributed by atoms with Gasteiger partial charge in [0.25, 0.3) is 11.8 Å². The van der Waals surface area contributed by atoms with Crippen molar-refractivity contribution in [2.75, 3.05) is 17.7 Å². The molecule has 0 saturated heterocycles. The maximum atomic E-state index is 12.5. The minimum Gasteiger partial charge on any atom is -0.497 e. The average Bonchev–Trinajstić information content (AvgIpc) is 3.28. The average molecular weight is 428 g/mol. The summed E-state index contributed by atoms with van der Waals surface area (Å²) in [5, 5.41) is 13.2. The van der Waals surface area contributed by atoms with Gasteiger partial charge in [0.15, 0.2) is 0 Å². The fraction of sp³-hybridized carbons (Fsp3) is 0.0833. The molecule has 0 aliphatic heterocycles. The Morgan fingerprint density at radius 1 is 0.844 bits per heavy atom. The van der Waals surface area contributed by atoms with Crippen molar-refractivity contribution in [2.45, 2.75) is 6.92 Å². The van der Waals surface area contributed by atoms with Gasteiger partial charge in [-0.15, -0.1) is 5.10 Å². The van der Waals surface area contributed by atoms with E-state index in [1.165, 1.54) is 0 Å². The summed E-state index contributed by atoms with van der Waals surface area (Å²) in [7, 11) is 1.58. The van der Waals surface area contributed by atoms with E-state index in [4.69, 9.17) is 9.15 Å². The molecule has 0 aliphatic carbocycles. The highest BCUT2D eigenvalue weighted by atomic mass is 16.5. The van der Waals surface area contributed by atoms with E-state index in [9.17, 15) is 9.59 Å². The molecule has 2 amide bonds. The number of rotatable bonds is 6. The zero-order chi connectivity index (χ0) is 22.5. The molecule has 4 rings (SSSR count). The number of aromatic nitrogens is 2. The Kier molecular flexibility index (Phi) is 5.94. The molecule has 32 heavy (non-hydrogen) atoms. The lowest BCUT2D eigenvalue weighted by molar-refractivity contribution is 0.101. The number of amides is 2. The molecular weight excluding hydrogens is 408 g/mol. The summed E-state index contributed by atoms with van der Waals surface area (Å²) in [5.74, 6) is 0.354. The van der Waals surface area contributed by atoms with Crippen molar-refractivity contribution in [1.29, 1.82) is 0 Å². The number of aryl methyl sites for hydroxylation is 1. The normalized spacial score (nSPS) is 10.4. The van der Waals surface area contributed by atoms with Crippen LogP contribution in [0.3, 0.4) is 0 Å². The lowest BCUT2D eigenvalue weighted by Gasteiger charge is -2.07. The molecule has 2 N–H and O–H groups in total. The summed E-state index contributed by atoms with van der Waals surface area (Å²) in [6.45, 7) is 1.92. The number of carbonyl (C=O) groups is 2. The Morgan fingerprint density at radius 2 is 1.56 bits per heavy atom. The van der Waals surface area contributed by atoms with Crippen molar-refractivity contribution < 1.29 is 18.7 Å². The van der Waals surface area contributed by atoms with Gasteiger partial charge in [0, 0.05) is 22.4 Å². The third-order valence-electron chi connectivity index (χ3n) is 4.67. The zero-order valence-electron chi connectivity index (χ0n) is 17.5. The van der Waals surface area contributed by atoms with Crippen LogP contribution in [0.15, 0.2) is 77.2 Å². The molecular formula is C24H20N4O4. The SMILES string of the molecule is COc1ccc(-c2nnc(NC(=O)c3ccc(NC(=O)c4cccc(C)c4)cc3)o2)cc1. The Hall–Kier alpha value is -4.46. The molecule has 0 bridgehead atoms. The van der Waals surface area contributed by atoms with Crippen LogP contribution in [-0.4, -0.2) is 29.1 Å². The van der Waals surface area contributed by atoms with Crippen LogP contribution in [0.25, 0.3) is 11.5 Å². The molecule has 160 valence electrons. The molecule has 8 nitrogen and oxygen atoms in total. The number of methoxy groups -OCH3 is 1. The van der Waals surface area contributed by atoms with Crippen LogP contribution in [0.5, 0.6) is 5.75 Å². The zero-order valence-corrected chi connectivity index (χ0v) is 17.5. The van der Waals surface area contributed by atoms with Gasteiger partial charge >= 0.3 is 6.01 Å². The van der Waals surface area contributed by atoms with Crippen LogP contribution in [-0.2, 0) is 0 Å². The maximum absolute atomic E-state index is 12.5. The van der Waals surface area contributed by atoms with Gasteiger partial charge in [-0.3, -0.25) is 14.9 Å². The van der Waals surface area contributed by atoms with Gasteiger partial charge in [-0.05, 0) is 67.6 Å². The third kappa shape index (κ3) is 4.81. The number of hydrogen-bond acceptors (Lipinski definition) is 6. The third-order valence-corrected chi connectivity index (χ3v) is 4.67. The number of anilines is 2. The van der Waals surface area contributed by atoms with E-state index < -0.39 is 5.91 Å². The van der Waals surface area contributed by atoms with Crippen molar-refractivity contribution >= 4 is 23.5 Å². The topological polar surface area (TPSA) is 106 Å². The van der Waals surface area contributed by atoms with Crippen molar-refractivity contribution in [1.82, 2.24) is 10.2 Å². The van der Waals surface area contributed by atoms with E-state index in [0.29, 0.717) is 28.1 Å². The van der Waals surface area contributed by atoms with Gasteiger partial charge in [0.1, 0.15) is 5.75 Å². The van der Waals surface area contributed by atoms with Crippen LogP contribution < -0.4 is 15.4 Å². The first-order chi connectivity index (χ1) is 15.5. The maximum Gasteiger partial charge on any atom is 0.322 e. The summed E-state index contributed by atoms with van der Waals surface area (Å²) in [6.07, 6.45) is 0. The molecule has 0 radical (unpaired) electrons. The Morgan fingerprint density at radius 3 is 2.25 bits per heavy atom. The van der Waals surface area contributed by atoms with Crippen molar-refractivity contribution in [3.63, 3.8) is 0 Å². The van der Waals surface area contributed by atoms with Gasteiger partial charge in [-0.1, -0.05) is 22.8 Å². The predicted molar refractivity (Wildman–Crippen MR) is 120 cm³/mol. The Balaban J connectivity index is 1.38. The monoisotopic (exact) mass is 428 g/mol. The number of nitrogens with zero attached hydrogens (tertiary/aromatic N) is 2. The van der Waals surface area contributed by atoms with Crippen LogP contribution in [0.1, 0.15) is 26.3 Å². The first-order valence-corrected chi connectivity index (χ1v) is 9.79. The lowest BCUT2D eigenvalue weighted by atomic mass is 10.1. The van der Waals surface area contributed by atoms with Crippen molar-refractivity contribution in [3.05, 3.63) is 89.5 Å². The predicted octanol–water partition coefficient (Wildman–Crippen LogP) is 4.56. The molecule has 0 saturated carbocycles. The Bertz CT molecular complexity index is 1250. The van der Waals surface area contributed by atoms with Gasteiger partial charge < -0.3 is 14.5 Å². The number of ether oxygens (including phenoxy) is 1. The van der Waals surface area contributed by atoms with E-state index in [1.54, 1.807) is 61.7 Å². The molecule has 0 unspecified atom stereocenters. The van der Waals surface area contributed by atoms with E-state index in [1.807, 2.05) is 25.1 Å². The minimum absolute atomic E-state index is 0.0161. The van der Waals surface area contributed by atoms with Gasteiger partial charge in [-0.25, -0.2) is 0 Å². The fourth-order valence-corrected chi connectivity index (χ4v) is 2.99. The van der Waals surface area contributed by atoms with E-state index in [2.05, 4.69) is 20.8 Å². The quantitative estimate of drug-likeness (QED) is 0.466. The first kappa shape index (κ1) is 20.8. The smallest absolute Gasteiger partial charge is 0.322 e. The highest BCUT2D eigenvalue weighted by Crippen LogP contribution is 2.23. The van der Waals surface area contributed by atoms with Crippen LogP contribution >= 0.6 is 0 Å². The molecule has 4 aromatic rings. The van der Waals surface area contributed by atoms with E-state index in [0.717, 1.165) is 5.56 Å².